The van der Waals surface area contributed by atoms with Crippen LogP contribution in [0.3, 0.4) is 0 Å². The van der Waals surface area contributed by atoms with Gasteiger partial charge in [-0.3, -0.25) is 29.2 Å². The van der Waals surface area contributed by atoms with Crippen LogP contribution in [0.5, 0.6) is 5.75 Å². The maximum Gasteiger partial charge on any atom is 0.252 e. The minimum Gasteiger partial charge on any atom is -0.496 e. The number of nitrogens with one attached hydrogen (secondary N) is 1. The first-order valence-electron chi connectivity index (χ1n) is 13.6. The molecule has 0 aliphatic carbocycles. The Hall–Kier alpha value is -4.02. The van der Waals surface area contributed by atoms with Gasteiger partial charge in [-0.2, -0.15) is 0 Å². The first-order valence-corrected chi connectivity index (χ1v) is 14.0. The first-order chi connectivity index (χ1) is 19.9. The van der Waals surface area contributed by atoms with E-state index < -0.39 is 35.1 Å². The molecule has 0 bridgehead atoms. The molecule has 0 radical (unpaired) electrons. The average Bonchev–Trinajstić information content (AvgIpc) is 3.53. The van der Waals surface area contributed by atoms with Crippen molar-refractivity contribution in [3.63, 3.8) is 0 Å². The van der Waals surface area contributed by atoms with Crippen LogP contribution in [0.25, 0.3) is 0 Å². The van der Waals surface area contributed by atoms with Gasteiger partial charge in [-0.15, -0.1) is 0 Å². The quantitative estimate of drug-likeness (QED) is 0.453. The summed E-state index contributed by atoms with van der Waals surface area (Å²) in [5.41, 5.74) is 6.02. The van der Waals surface area contributed by atoms with Crippen LogP contribution >= 0.6 is 11.6 Å². The Balaban J connectivity index is 1.58. The molecule has 9 nitrogen and oxygen atoms in total. The van der Waals surface area contributed by atoms with Gasteiger partial charge in [0.15, 0.2) is 0 Å². The molecule has 3 aromatic rings. The fourth-order valence-electron chi connectivity index (χ4n) is 7.08. The molecule has 2 aromatic carbocycles. The summed E-state index contributed by atoms with van der Waals surface area (Å²) < 4.78 is 21.4. The SMILES string of the molecule is COc1cc(N2CN3[C@@H](CC(C)(C)C)[C@@]4(C(=O)Nc5ccncc54)[C@@H](c4cccc(Cl)c4F)[C@@H]3C2=O)ccc1C(N)=O. The van der Waals surface area contributed by atoms with Gasteiger partial charge in [-0.1, -0.05) is 44.5 Å². The molecular formula is C31H31ClFN5O4. The van der Waals surface area contributed by atoms with E-state index in [1.807, 2.05) is 4.90 Å². The zero-order chi connectivity index (χ0) is 30.1. The Morgan fingerprint density at radius 1 is 1.24 bits per heavy atom. The Morgan fingerprint density at radius 2 is 2.00 bits per heavy atom. The monoisotopic (exact) mass is 591 g/mol. The number of amides is 3. The second kappa shape index (κ2) is 9.78. The number of carbonyl (C=O) groups is 3. The number of hydrogen-bond acceptors (Lipinski definition) is 6. The second-order valence-electron chi connectivity index (χ2n) is 12.3. The molecule has 0 unspecified atom stereocenters. The van der Waals surface area contributed by atoms with Crippen LogP contribution in [-0.4, -0.2) is 53.5 Å². The number of benzene rings is 2. The van der Waals surface area contributed by atoms with Gasteiger partial charge in [-0.25, -0.2) is 4.39 Å². The van der Waals surface area contributed by atoms with E-state index in [4.69, 9.17) is 22.1 Å². The van der Waals surface area contributed by atoms with Gasteiger partial charge < -0.3 is 15.8 Å². The summed E-state index contributed by atoms with van der Waals surface area (Å²) in [7, 11) is 1.42. The van der Waals surface area contributed by atoms with Gasteiger partial charge in [0.2, 0.25) is 11.8 Å². The minimum absolute atomic E-state index is 0.0904. The lowest BCUT2D eigenvalue weighted by Gasteiger charge is -2.40. The van der Waals surface area contributed by atoms with Crippen molar-refractivity contribution in [1.29, 1.82) is 0 Å². The number of nitrogens with two attached hydrogens (primary N) is 1. The molecule has 3 N–H and O–H groups in total. The molecule has 6 rings (SSSR count). The van der Waals surface area contributed by atoms with Crippen molar-refractivity contribution < 1.29 is 23.5 Å². The smallest absolute Gasteiger partial charge is 0.252 e. The van der Waals surface area contributed by atoms with Crippen molar-refractivity contribution in [3.05, 3.63) is 82.4 Å². The van der Waals surface area contributed by atoms with E-state index in [0.29, 0.717) is 23.4 Å². The van der Waals surface area contributed by atoms with E-state index in [0.717, 1.165) is 0 Å². The highest BCUT2D eigenvalue weighted by Gasteiger charge is 2.71. The molecule has 4 atom stereocenters. The number of pyridine rings is 1. The number of rotatable bonds is 5. The Bertz CT molecular complexity index is 1640. The van der Waals surface area contributed by atoms with Gasteiger partial charge in [0, 0.05) is 47.4 Å². The highest BCUT2D eigenvalue weighted by atomic mass is 35.5. The van der Waals surface area contributed by atoms with Crippen LogP contribution in [0.4, 0.5) is 15.8 Å². The van der Waals surface area contributed by atoms with E-state index in [1.54, 1.807) is 47.6 Å². The Kier molecular flexibility index (Phi) is 6.54. The molecule has 3 aliphatic heterocycles. The minimum atomic E-state index is -1.32. The molecule has 1 aromatic heterocycles. The number of primary amides is 1. The summed E-state index contributed by atoms with van der Waals surface area (Å²) in [5, 5.41) is 2.92. The number of nitrogens with zero attached hydrogens (tertiary/aromatic N) is 3. The number of anilines is 2. The molecule has 1 spiro atoms. The third-order valence-electron chi connectivity index (χ3n) is 8.69. The van der Waals surface area contributed by atoms with Gasteiger partial charge >= 0.3 is 0 Å². The maximum atomic E-state index is 16.0. The predicted molar refractivity (Wildman–Crippen MR) is 156 cm³/mol. The van der Waals surface area contributed by atoms with Crippen LogP contribution in [0.15, 0.2) is 54.9 Å². The lowest BCUT2D eigenvalue weighted by atomic mass is 9.62. The van der Waals surface area contributed by atoms with Gasteiger partial charge in [0.1, 0.15) is 17.0 Å². The van der Waals surface area contributed by atoms with Crippen molar-refractivity contribution in [2.24, 2.45) is 11.1 Å². The molecule has 2 saturated heterocycles. The van der Waals surface area contributed by atoms with Crippen LogP contribution in [0, 0.1) is 11.2 Å². The average molecular weight is 592 g/mol. The Morgan fingerprint density at radius 3 is 2.69 bits per heavy atom. The fraction of sp³-hybridized carbons (Fsp3) is 0.355. The summed E-state index contributed by atoms with van der Waals surface area (Å²) in [5.74, 6) is -2.62. The molecular weight excluding hydrogens is 561 g/mol. The number of hydrogen-bond donors (Lipinski definition) is 2. The van der Waals surface area contributed by atoms with E-state index in [1.165, 1.54) is 19.2 Å². The highest BCUT2D eigenvalue weighted by molar-refractivity contribution is 6.30. The molecule has 2 fully saturated rings. The predicted octanol–water partition coefficient (Wildman–Crippen LogP) is 4.45. The van der Waals surface area contributed by atoms with Crippen LogP contribution < -0.4 is 20.7 Å². The molecule has 0 saturated carbocycles. The van der Waals surface area contributed by atoms with Crippen LogP contribution in [0.2, 0.25) is 5.02 Å². The maximum absolute atomic E-state index is 16.0. The van der Waals surface area contributed by atoms with Crippen LogP contribution in [0.1, 0.15) is 54.6 Å². The molecule has 11 heteroatoms. The normalized spacial score (nSPS) is 25.1. The topological polar surface area (TPSA) is 118 Å². The highest BCUT2D eigenvalue weighted by Crippen LogP contribution is 2.61. The van der Waals surface area contributed by atoms with Gasteiger partial charge in [0.05, 0.1) is 30.4 Å². The lowest BCUT2D eigenvalue weighted by Crippen LogP contribution is -2.52. The summed E-state index contributed by atoms with van der Waals surface area (Å²) in [6.07, 6.45) is 3.77. The number of aromatic nitrogens is 1. The third-order valence-corrected chi connectivity index (χ3v) is 8.98. The Labute approximate surface area is 247 Å². The summed E-state index contributed by atoms with van der Waals surface area (Å²) in [4.78, 5) is 48.6. The van der Waals surface area contributed by atoms with E-state index in [-0.39, 0.29) is 45.8 Å². The molecule has 42 heavy (non-hydrogen) atoms. The van der Waals surface area contributed by atoms with Crippen molar-refractivity contribution in [2.45, 2.75) is 50.6 Å². The van der Waals surface area contributed by atoms with Crippen LogP contribution in [-0.2, 0) is 15.0 Å². The largest absolute Gasteiger partial charge is 0.496 e. The number of halogens is 2. The molecule has 4 heterocycles. The third kappa shape index (κ3) is 3.99. The lowest BCUT2D eigenvalue weighted by molar-refractivity contribution is -0.122. The standard InChI is InChI=1S/C31H31ClFN5O4/c1-30(2,3)13-23-31(19-14-35-11-10-21(19)36-29(31)41)24(18-6-5-7-20(32)25(18)33)26-28(40)37(15-38(23)26)16-8-9-17(27(34)39)22(12-16)42-4/h5-12,14,23-24,26H,13,15H2,1-4H3,(H2,34,39)(H,36,41)/t23-,24-,26+,31+/m0/s1. The van der Waals surface area contributed by atoms with Gasteiger partial charge in [0.25, 0.3) is 5.91 Å². The van der Waals surface area contributed by atoms with Crippen molar-refractivity contribution in [3.8, 4) is 5.75 Å². The number of fused-ring (bicyclic) bond motifs is 3. The van der Waals surface area contributed by atoms with E-state index >= 15 is 4.39 Å². The van der Waals surface area contributed by atoms with Crippen molar-refractivity contribution in [2.75, 3.05) is 24.0 Å². The summed E-state index contributed by atoms with van der Waals surface area (Å²) >= 11 is 6.30. The number of ether oxygens (including phenoxy) is 1. The van der Waals surface area contributed by atoms with Crippen molar-refractivity contribution in [1.82, 2.24) is 9.88 Å². The van der Waals surface area contributed by atoms with E-state index in [9.17, 15) is 14.4 Å². The fourth-order valence-corrected chi connectivity index (χ4v) is 7.26. The molecule has 3 amide bonds. The number of carbonyl (C=O) groups excluding carboxylic acids is 3. The molecule has 218 valence electrons. The first kappa shape index (κ1) is 28.1. The summed E-state index contributed by atoms with van der Waals surface area (Å²) in [6, 6.07) is 9.75. The van der Waals surface area contributed by atoms with E-state index in [2.05, 4.69) is 31.1 Å². The zero-order valence-electron chi connectivity index (χ0n) is 23.7. The second-order valence-corrected chi connectivity index (χ2v) is 12.7. The summed E-state index contributed by atoms with van der Waals surface area (Å²) in [6.45, 7) is 6.35. The molecule has 3 aliphatic rings. The van der Waals surface area contributed by atoms with Gasteiger partial charge in [-0.05, 0) is 41.7 Å². The van der Waals surface area contributed by atoms with Crippen molar-refractivity contribution >= 4 is 40.7 Å². The zero-order valence-corrected chi connectivity index (χ0v) is 24.4. The number of methoxy groups -OCH3 is 1.